The fourth-order valence-electron chi connectivity index (χ4n) is 3.03. The highest BCUT2D eigenvalue weighted by Gasteiger charge is 2.35. The van der Waals surface area contributed by atoms with Gasteiger partial charge in [-0.2, -0.15) is 0 Å². The largest absolute Gasteiger partial charge is 0.640 e. The highest BCUT2D eigenvalue weighted by molar-refractivity contribution is 6.37. The maximum absolute atomic E-state index is 9.28. The second-order valence-electron chi connectivity index (χ2n) is 6.57. The molecule has 0 aromatic heterocycles. The standard InChI is InChI=1S/C22H17BN3O4/c1-25-18-7-9-19(10-8-18)29-20-11-12-21(26-24)17(13-20)14-27-23-28-15-22(30-23)16-5-3-2-4-6-16/h2-13,22H,14-15H2/q+1. The minimum absolute atomic E-state index is 0.111. The first-order chi connectivity index (χ1) is 14.7. The monoisotopic (exact) mass is 398 g/mol. The van der Waals surface area contributed by atoms with Gasteiger partial charge >= 0.3 is 13.0 Å². The number of hydrogen-bond donors (Lipinski definition) is 0. The van der Waals surface area contributed by atoms with Gasteiger partial charge in [-0.15, -0.1) is 0 Å². The molecule has 3 aromatic carbocycles. The average Bonchev–Trinajstić information content (AvgIpc) is 3.28. The van der Waals surface area contributed by atoms with E-state index in [1.165, 1.54) is 0 Å². The number of nitrogens with zero attached hydrogens (tertiary/aromatic N) is 3. The third-order valence-electron chi connectivity index (χ3n) is 4.57. The van der Waals surface area contributed by atoms with Gasteiger partial charge in [-0.3, -0.25) is 0 Å². The summed E-state index contributed by atoms with van der Waals surface area (Å²) in [5.41, 5.74) is 2.54. The van der Waals surface area contributed by atoms with Crippen LogP contribution in [0.15, 0.2) is 72.8 Å². The van der Waals surface area contributed by atoms with Gasteiger partial charge in [0, 0.05) is 6.07 Å². The van der Waals surface area contributed by atoms with E-state index in [1.807, 2.05) is 30.3 Å². The van der Waals surface area contributed by atoms with E-state index in [1.54, 1.807) is 42.5 Å². The Kier molecular flexibility index (Phi) is 6.02. The molecule has 0 aliphatic carbocycles. The molecule has 30 heavy (non-hydrogen) atoms. The zero-order chi connectivity index (χ0) is 20.8. The lowest BCUT2D eigenvalue weighted by atomic mass is 10.1. The smallest absolute Gasteiger partial charge is 0.457 e. The van der Waals surface area contributed by atoms with Crippen LogP contribution in [0.3, 0.4) is 0 Å². The maximum Gasteiger partial charge on any atom is 0.640 e. The van der Waals surface area contributed by atoms with Crippen LogP contribution in [0.25, 0.3) is 9.82 Å². The molecule has 0 bridgehead atoms. The number of rotatable bonds is 6. The Labute approximate surface area is 174 Å². The summed E-state index contributed by atoms with van der Waals surface area (Å²) < 4.78 is 22.9. The van der Waals surface area contributed by atoms with Crippen molar-refractivity contribution >= 4 is 18.7 Å². The second kappa shape index (κ2) is 9.21. The van der Waals surface area contributed by atoms with Gasteiger partial charge in [0.15, 0.2) is 10.7 Å². The Morgan fingerprint density at radius 2 is 1.80 bits per heavy atom. The van der Waals surface area contributed by atoms with E-state index in [0.29, 0.717) is 35.0 Å². The third kappa shape index (κ3) is 4.65. The SMILES string of the molecule is [C-]#[N+]c1ccc(Oc2ccc([N+]#N)c(COB3OCC(c4ccccc4)O3)c2)cc1. The van der Waals surface area contributed by atoms with Crippen molar-refractivity contribution in [2.75, 3.05) is 6.61 Å². The number of benzene rings is 3. The lowest BCUT2D eigenvalue weighted by Gasteiger charge is -2.10. The minimum Gasteiger partial charge on any atom is -0.457 e. The van der Waals surface area contributed by atoms with Crippen molar-refractivity contribution < 1.29 is 18.7 Å². The fraction of sp³-hybridized carbons (Fsp3) is 0.136. The van der Waals surface area contributed by atoms with Crippen LogP contribution in [0.5, 0.6) is 11.5 Å². The lowest BCUT2D eigenvalue weighted by molar-refractivity contribution is 0.154. The normalized spacial score (nSPS) is 15.4. The predicted octanol–water partition coefficient (Wildman–Crippen LogP) is 5.80. The van der Waals surface area contributed by atoms with Gasteiger partial charge in [-0.1, -0.05) is 42.5 Å². The molecule has 1 aliphatic rings. The summed E-state index contributed by atoms with van der Waals surface area (Å²) >= 11 is 0. The van der Waals surface area contributed by atoms with Gasteiger partial charge in [0.2, 0.25) is 5.39 Å². The van der Waals surface area contributed by atoms with Crippen molar-refractivity contribution in [2.45, 2.75) is 12.7 Å². The average molecular weight is 398 g/mol. The number of ether oxygens (including phenoxy) is 1. The summed E-state index contributed by atoms with van der Waals surface area (Å²) in [4.78, 5) is 6.65. The van der Waals surface area contributed by atoms with Crippen molar-refractivity contribution in [1.29, 1.82) is 5.39 Å². The zero-order valence-electron chi connectivity index (χ0n) is 16.0. The molecule has 0 radical (unpaired) electrons. The van der Waals surface area contributed by atoms with Crippen LogP contribution >= 0.6 is 0 Å². The second-order valence-corrected chi connectivity index (χ2v) is 6.57. The van der Waals surface area contributed by atoms with Crippen LogP contribution in [-0.2, 0) is 20.6 Å². The molecule has 0 N–H and O–H groups in total. The molecule has 146 valence electrons. The Bertz CT molecular complexity index is 1090. The molecule has 0 spiro atoms. The van der Waals surface area contributed by atoms with Crippen molar-refractivity contribution in [1.82, 2.24) is 0 Å². The van der Waals surface area contributed by atoms with Gasteiger partial charge in [0.05, 0.1) is 31.5 Å². The molecule has 7 nitrogen and oxygen atoms in total. The van der Waals surface area contributed by atoms with E-state index in [2.05, 4.69) is 9.82 Å². The molecular weight excluding hydrogens is 381 g/mol. The van der Waals surface area contributed by atoms with Crippen LogP contribution < -0.4 is 4.74 Å². The molecular formula is C22H17BN3O4+. The van der Waals surface area contributed by atoms with Crippen LogP contribution in [0.2, 0.25) is 0 Å². The highest BCUT2D eigenvalue weighted by atomic mass is 16.8. The Balaban J connectivity index is 1.40. The third-order valence-corrected chi connectivity index (χ3v) is 4.57. The van der Waals surface area contributed by atoms with E-state index in [-0.39, 0.29) is 12.7 Å². The molecule has 0 saturated carbocycles. The Hall–Kier alpha value is -3.69. The van der Waals surface area contributed by atoms with Gasteiger partial charge < -0.3 is 18.7 Å². The summed E-state index contributed by atoms with van der Waals surface area (Å²) in [6.07, 6.45) is -0.189. The molecule has 1 saturated heterocycles. The zero-order valence-corrected chi connectivity index (χ0v) is 16.0. The molecule has 3 aromatic rings. The van der Waals surface area contributed by atoms with Gasteiger partial charge in [-0.05, 0) is 29.8 Å². The summed E-state index contributed by atoms with van der Waals surface area (Å²) in [7, 11) is -0.813. The van der Waals surface area contributed by atoms with Crippen LogP contribution in [0.4, 0.5) is 11.4 Å². The molecule has 1 unspecified atom stereocenters. The Morgan fingerprint density at radius 1 is 1.03 bits per heavy atom. The Morgan fingerprint density at radius 3 is 2.53 bits per heavy atom. The molecule has 8 heteroatoms. The molecule has 1 fully saturated rings. The first-order valence-corrected chi connectivity index (χ1v) is 9.32. The van der Waals surface area contributed by atoms with E-state index >= 15 is 0 Å². The fourth-order valence-corrected chi connectivity index (χ4v) is 3.03. The van der Waals surface area contributed by atoms with E-state index < -0.39 is 7.32 Å². The summed E-state index contributed by atoms with van der Waals surface area (Å²) in [5, 5.41) is 9.28. The minimum atomic E-state index is -0.813. The number of hydrogen-bond acceptors (Lipinski definition) is 5. The predicted molar refractivity (Wildman–Crippen MR) is 111 cm³/mol. The van der Waals surface area contributed by atoms with E-state index in [9.17, 15) is 5.39 Å². The van der Waals surface area contributed by atoms with Crippen molar-refractivity contribution in [2.24, 2.45) is 0 Å². The van der Waals surface area contributed by atoms with Crippen LogP contribution in [-0.4, -0.2) is 13.9 Å². The molecule has 4 rings (SSSR count). The van der Waals surface area contributed by atoms with Crippen LogP contribution in [0, 0.1) is 12.0 Å². The first-order valence-electron chi connectivity index (χ1n) is 9.32. The van der Waals surface area contributed by atoms with E-state index in [0.717, 1.165) is 5.56 Å². The van der Waals surface area contributed by atoms with Gasteiger partial charge in [-0.25, -0.2) is 4.85 Å². The molecule has 1 heterocycles. The van der Waals surface area contributed by atoms with Gasteiger partial charge in [0.25, 0.3) is 0 Å². The van der Waals surface area contributed by atoms with Crippen LogP contribution in [0.1, 0.15) is 17.2 Å². The van der Waals surface area contributed by atoms with Crippen molar-refractivity contribution in [3.8, 4) is 11.5 Å². The van der Waals surface area contributed by atoms with Gasteiger partial charge in [0.1, 0.15) is 11.5 Å². The van der Waals surface area contributed by atoms with Crippen molar-refractivity contribution in [3.63, 3.8) is 0 Å². The van der Waals surface area contributed by atoms with E-state index in [4.69, 9.17) is 25.3 Å². The molecule has 1 aliphatic heterocycles. The summed E-state index contributed by atoms with van der Waals surface area (Å²) in [6, 6.07) is 21.6. The molecule has 0 amide bonds. The first kappa shape index (κ1) is 19.6. The number of diazo groups is 1. The summed E-state index contributed by atoms with van der Waals surface area (Å²) in [6.45, 7) is 7.51. The topological polar surface area (TPSA) is 69.4 Å². The lowest BCUT2D eigenvalue weighted by Crippen LogP contribution is -2.19. The molecule has 1 atom stereocenters. The summed E-state index contributed by atoms with van der Waals surface area (Å²) in [5.74, 6) is 1.14. The quantitative estimate of drug-likeness (QED) is 0.298. The maximum atomic E-state index is 9.28. The van der Waals surface area contributed by atoms with Crippen molar-refractivity contribution in [3.05, 3.63) is 100 Å². The highest BCUT2D eigenvalue weighted by Crippen LogP contribution is 2.31.